The Labute approximate surface area is 142 Å². The molecule has 124 valence electrons. The van der Waals surface area contributed by atoms with E-state index in [2.05, 4.69) is 19.9 Å². The molecule has 0 bridgehead atoms. The number of halogens is 2. The molecule has 0 amide bonds. The molecule has 0 saturated carbocycles. The average molecular weight is 336 g/mol. The van der Waals surface area contributed by atoms with E-state index in [1.807, 2.05) is 25.1 Å². The smallest absolute Gasteiger partial charge is 0.159 e. The number of aryl methyl sites for hydroxylation is 1. The predicted molar refractivity (Wildman–Crippen MR) is 91.8 cm³/mol. The largest absolute Gasteiger partial charge is 0.341 e. The fourth-order valence-corrected chi connectivity index (χ4v) is 2.77. The second-order valence-electron chi connectivity index (χ2n) is 5.65. The SMILES string of the molecule is CCc1nc(-c2ccc(F)c(F)c2)c(-c2ccc3nccnc3c2)[nH]1. The summed E-state index contributed by atoms with van der Waals surface area (Å²) in [6, 6.07) is 9.49. The summed E-state index contributed by atoms with van der Waals surface area (Å²) in [5, 5.41) is 0. The summed E-state index contributed by atoms with van der Waals surface area (Å²) in [4.78, 5) is 16.4. The minimum Gasteiger partial charge on any atom is -0.341 e. The number of imidazole rings is 1. The lowest BCUT2D eigenvalue weighted by Crippen LogP contribution is -1.89. The zero-order valence-corrected chi connectivity index (χ0v) is 13.4. The maximum Gasteiger partial charge on any atom is 0.159 e. The Morgan fingerprint density at radius 3 is 2.40 bits per heavy atom. The van der Waals surface area contributed by atoms with Crippen LogP contribution in [0, 0.1) is 11.6 Å². The van der Waals surface area contributed by atoms with Crippen molar-refractivity contribution in [1.82, 2.24) is 19.9 Å². The zero-order chi connectivity index (χ0) is 17.4. The van der Waals surface area contributed by atoms with Crippen LogP contribution in [0.15, 0.2) is 48.8 Å². The number of H-pyrrole nitrogens is 1. The highest BCUT2D eigenvalue weighted by atomic mass is 19.2. The summed E-state index contributed by atoms with van der Waals surface area (Å²) in [6.45, 7) is 1.98. The van der Waals surface area contributed by atoms with Gasteiger partial charge in [0.15, 0.2) is 11.6 Å². The number of rotatable bonds is 3. The van der Waals surface area contributed by atoms with Crippen LogP contribution < -0.4 is 0 Å². The van der Waals surface area contributed by atoms with E-state index in [0.717, 1.165) is 40.2 Å². The molecule has 0 atom stereocenters. The number of nitrogens with zero attached hydrogens (tertiary/aromatic N) is 3. The van der Waals surface area contributed by atoms with Crippen molar-refractivity contribution in [3.05, 3.63) is 66.3 Å². The quantitative estimate of drug-likeness (QED) is 0.598. The summed E-state index contributed by atoms with van der Waals surface area (Å²) in [5.74, 6) is -1.000. The molecule has 0 fully saturated rings. The van der Waals surface area contributed by atoms with E-state index < -0.39 is 11.6 Å². The molecule has 4 aromatic rings. The summed E-state index contributed by atoms with van der Waals surface area (Å²) < 4.78 is 26.9. The molecule has 1 N–H and O–H groups in total. The third-order valence-corrected chi connectivity index (χ3v) is 4.04. The molecule has 0 aliphatic rings. The van der Waals surface area contributed by atoms with Crippen molar-refractivity contribution in [2.45, 2.75) is 13.3 Å². The van der Waals surface area contributed by atoms with Crippen LogP contribution in [0.5, 0.6) is 0 Å². The van der Waals surface area contributed by atoms with E-state index >= 15 is 0 Å². The number of hydrogen-bond acceptors (Lipinski definition) is 3. The molecule has 0 radical (unpaired) electrons. The number of fused-ring (bicyclic) bond motifs is 1. The lowest BCUT2D eigenvalue weighted by molar-refractivity contribution is 0.509. The Morgan fingerprint density at radius 1 is 0.880 bits per heavy atom. The molecule has 25 heavy (non-hydrogen) atoms. The summed E-state index contributed by atoms with van der Waals surface area (Å²) in [5.41, 5.74) is 4.25. The molecular formula is C19H14F2N4. The maximum atomic E-state index is 13.7. The normalized spacial score (nSPS) is 11.2. The first-order valence-corrected chi connectivity index (χ1v) is 7.91. The summed E-state index contributed by atoms with van der Waals surface area (Å²) >= 11 is 0. The Hall–Kier alpha value is -3.15. The summed E-state index contributed by atoms with van der Waals surface area (Å²) in [7, 11) is 0. The van der Waals surface area contributed by atoms with Crippen LogP contribution in [0.25, 0.3) is 33.5 Å². The Bertz CT molecular complexity index is 1070. The molecule has 4 nitrogen and oxygen atoms in total. The van der Waals surface area contributed by atoms with Crippen molar-refractivity contribution in [3.8, 4) is 22.5 Å². The van der Waals surface area contributed by atoms with Gasteiger partial charge in [-0.05, 0) is 30.3 Å². The first-order chi connectivity index (χ1) is 12.2. The number of aromatic nitrogens is 4. The van der Waals surface area contributed by atoms with E-state index in [0.29, 0.717) is 17.7 Å². The van der Waals surface area contributed by atoms with E-state index in [9.17, 15) is 8.78 Å². The maximum absolute atomic E-state index is 13.7. The molecule has 2 aromatic carbocycles. The molecule has 2 aromatic heterocycles. The van der Waals surface area contributed by atoms with Crippen molar-refractivity contribution in [2.24, 2.45) is 0 Å². The number of hydrogen-bond donors (Lipinski definition) is 1. The highest BCUT2D eigenvalue weighted by molar-refractivity contribution is 5.85. The van der Waals surface area contributed by atoms with E-state index in [-0.39, 0.29) is 0 Å². The van der Waals surface area contributed by atoms with Crippen LogP contribution in [0.2, 0.25) is 0 Å². The first-order valence-electron chi connectivity index (χ1n) is 7.91. The van der Waals surface area contributed by atoms with Gasteiger partial charge in [0.25, 0.3) is 0 Å². The van der Waals surface area contributed by atoms with Gasteiger partial charge in [0, 0.05) is 29.9 Å². The minimum atomic E-state index is -0.895. The van der Waals surface area contributed by atoms with Crippen LogP contribution in [0.1, 0.15) is 12.7 Å². The minimum absolute atomic E-state index is 0.518. The third kappa shape index (κ3) is 2.76. The molecule has 0 unspecified atom stereocenters. The second kappa shape index (κ2) is 6.05. The predicted octanol–water partition coefficient (Wildman–Crippen LogP) is 4.53. The fraction of sp³-hybridized carbons (Fsp3) is 0.105. The Morgan fingerprint density at radius 2 is 1.64 bits per heavy atom. The van der Waals surface area contributed by atoms with Crippen molar-refractivity contribution < 1.29 is 8.78 Å². The van der Waals surface area contributed by atoms with Crippen LogP contribution in [0.4, 0.5) is 8.78 Å². The second-order valence-corrected chi connectivity index (χ2v) is 5.65. The van der Waals surface area contributed by atoms with Crippen molar-refractivity contribution in [1.29, 1.82) is 0 Å². The molecule has 4 rings (SSSR count). The zero-order valence-electron chi connectivity index (χ0n) is 13.4. The van der Waals surface area contributed by atoms with Crippen molar-refractivity contribution >= 4 is 11.0 Å². The molecule has 0 saturated heterocycles. The molecule has 6 heteroatoms. The van der Waals surface area contributed by atoms with E-state index in [1.165, 1.54) is 6.07 Å². The highest BCUT2D eigenvalue weighted by Gasteiger charge is 2.16. The van der Waals surface area contributed by atoms with Crippen LogP contribution >= 0.6 is 0 Å². The monoisotopic (exact) mass is 336 g/mol. The van der Waals surface area contributed by atoms with E-state index in [4.69, 9.17) is 0 Å². The Kier molecular flexibility index (Phi) is 3.72. The molecule has 0 spiro atoms. The molecule has 2 heterocycles. The van der Waals surface area contributed by atoms with Gasteiger partial charge in [0.2, 0.25) is 0 Å². The summed E-state index contributed by atoms with van der Waals surface area (Å²) in [6.07, 6.45) is 3.97. The third-order valence-electron chi connectivity index (χ3n) is 4.04. The van der Waals surface area contributed by atoms with Crippen LogP contribution in [0.3, 0.4) is 0 Å². The molecule has 0 aliphatic heterocycles. The van der Waals surface area contributed by atoms with Gasteiger partial charge >= 0.3 is 0 Å². The lowest BCUT2D eigenvalue weighted by atomic mass is 10.0. The van der Waals surface area contributed by atoms with Gasteiger partial charge in [-0.2, -0.15) is 0 Å². The molecular weight excluding hydrogens is 322 g/mol. The van der Waals surface area contributed by atoms with Crippen molar-refractivity contribution in [3.63, 3.8) is 0 Å². The van der Waals surface area contributed by atoms with Gasteiger partial charge in [-0.25, -0.2) is 13.8 Å². The average Bonchev–Trinajstić information content (AvgIpc) is 3.08. The van der Waals surface area contributed by atoms with Crippen molar-refractivity contribution in [2.75, 3.05) is 0 Å². The van der Waals surface area contributed by atoms with Gasteiger partial charge in [-0.1, -0.05) is 13.0 Å². The lowest BCUT2D eigenvalue weighted by Gasteiger charge is -2.05. The van der Waals surface area contributed by atoms with Crippen LogP contribution in [-0.2, 0) is 6.42 Å². The van der Waals surface area contributed by atoms with Gasteiger partial charge < -0.3 is 4.98 Å². The number of aromatic amines is 1. The standard InChI is InChI=1S/C19H14F2N4/c1-2-17-24-18(11-3-5-13(20)14(21)9-11)19(25-17)12-4-6-15-16(10-12)23-8-7-22-15/h3-10H,2H2,1H3,(H,24,25). The van der Waals surface area contributed by atoms with E-state index in [1.54, 1.807) is 12.4 Å². The van der Waals surface area contributed by atoms with Gasteiger partial charge in [-0.15, -0.1) is 0 Å². The van der Waals surface area contributed by atoms with Gasteiger partial charge in [-0.3, -0.25) is 9.97 Å². The van der Waals surface area contributed by atoms with Crippen LogP contribution in [-0.4, -0.2) is 19.9 Å². The Balaban J connectivity index is 1.90. The number of nitrogens with one attached hydrogen (secondary N) is 1. The molecule has 0 aliphatic carbocycles. The number of benzene rings is 2. The first kappa shape index (κ1) is 15.4. The highest BCUT2D eigenvalue weighted by Crippen LogP contribution is 2.32. The topological polar surface area (TPSA) is 54.5 Å². The fourth-order valence-electron chi connectivity index (χ4n) is 2.77. The van der Waals surface area contributed by atoms with Gasteiger partial charge in [0.05, 0.1) is 22.4 Å². The van der Waals surface area contributed by atoms with Gasteiger partial charge in [0.1, 0.15) is 5.82 Å².